The first kappa shape index (κ1) is 26.4. The molecule has 0 amide bonds. The molecule has 0 radical (unpaired) electrons. The Kier molecular flexibility index (Phi) is 8.92. The summed E-state index contributed by atoms with van der Waals surface area (Å²) in [6.07, 6.45) is 1.12. The predicted molar refractivity (Wildman–Crippen MR) is 131 cm³/mol. The zero-order chi connectivity index (χ0) is 24.1. The molecule has 32 heavy (non-hydrogen) atoms. The van der Waals surface area contributed by atoms with Gasteiger partial charge in [-0.3, -0.25) is 0 Å². The van der Waals surface area contributed by atoms with Gasteiger partial charge in [0, 0.05) is 11.8 Å². The van der Waals surface area contributed by atoms with Crippen LogP contribution in [0.15, 0.2) is 36.4 Å². The van der Waals surface area contributed by atoms with Crippen molar-refractivity contribution in [2.45, 2.75) is 85.4 Å². The standard InChI is InChI=1S/C28H42O4/c1-8-28(9-2,22-11-10-21(19(3)14-22)16-24(30)17-29)23-12-13-25(20(4)15-23)32-18-26(31)27(5,6)7/h10-15,24,26,29-31H,8-9,16-18H2,1-7H3/t24-,26+/m0/s1. The molecule has 0 heterocycles. The van der Waals surface area contributed by atoms with E-state index in [0.29, 0.717) is 6.42 Å². The summed E-state index contributed by atoms with van der Waals surface area (Å²) in [5.74, 6) is 0.808. The molecule has 2 aromatic carbocycles. The maximum atomic E-state index is 10.3. The van der Waals surface area contributed by atoms with Crippen molar-refractivity contribution < 1.29 is 20.1 Å². The normalized spacial score (nSPS) is 14.3. The largest absolute Gasteiger partial charge is 0.491 e. The van der Waals surface area contributed by atoms with Crippen molar-refractivity contribution in [3.63, 3.8) is 0 Å². The monoisotopic (exact) mass is 442 g/mol. The van der Waals surface area contributed by atoms with E-state index in [4.69, 9.17) is 4.74 Å². The maximum absolute atomic E-state index is 10.3. The smallest absolute Gasteiger partial charge is 0.122 e. The summed E-state index contributed by atoms with van der Waals surface area (Å²) < 4.78 is 5.95. The third-order valence-corrected chi connectivity index (χ3v) is 6.89. The van der Waals surface area contributed by atoms with Gasteiger partial charge in [-0.25, -0.2) is 0 Å². The van der Waals surface area contributed by atoms with Crippen LogP contribution in [0.25, 0.3) is 0 Å². The fraction of sp³-hybridized carbons (Fsp3) is 0.571. The average Bonchev–Trinajstić information content (AvgIpc) is 2.75. The highest BCUT2D eigenvalue weighted by Crippen LogP contribution is 2.41. The summed E-state index contributed by atoms with van der Waals surface area (Å²) in [5.41, 5.74) is 5.44. The van der Waals surface area contributed by atoms with Gasteiger partial charge >= 0.3 is 0 Å². The number of benzene rings is 2. The number of hydrogen-bond acceptors (Lipinski definition) is 4. The lowest BCUT2D eigenvalue weighted by Gasteiger charge is -2.34. The average molecular weight is 443 g/mol. The first-order valence-corrected chi connectivity index (χ1v) is 11.8. The summed E-state index contributed by atoms with van der Waals surface area (Å²) in [5, 5.41) is 29.3. The van der Waals surface area contributed by atoms with Crippen LogP contribution < -0.4 is 4.74 Å². The number of aliphatic hydroxyl groups is 3. The molecule has 0 saturated heterocycles. The lowest BCUT2D eigenvalue weighted by Crippen LogP contribution is -2.32. The fourth-order valence-corrected chi connectivity index (χ4v) is 4.30. The van der Waals surface area contributed by atoms with Crippen molar-refractivity contribution in [2.24, 2.45) is 5.41 Å². The quantitative estimate of drug-likeness (QED) is 0.479. The van der Waals surface area contributed by atoms with Crippen LogP contribution in [0.3, 0.4) is 0 Å². The Morgan fingerprint density at radius 1 is 0.875 bits per heavy atom. The second-order valence-electron chi connectivity index (χ2n) is 10.1. The van der Waals surface area contributed by atoms with Gasteiger partial charge in [-0.1, -0.05) is 65.0 Å². The molecule has 0 aliphatic rings. The van der Waals surface area contributed by atoms with Gasteiger partial charge in [0.05, 0.1) is 18.8 Å². The van der Waals surface area contributed by atoms with E-state index < -0.39 is 12.2 Å². The fourth-order valence-electron chi connectivity index (χ4n) is 4.30. The van der Waals surface area contributed by atoms with Crippen LogP contribution in [0.1, 0.15) is 75.3 Å². The van der Waals surface area contributed by atoms with Crippen LogP contribution >= 0.6 is 0 Å². The molecule has 2 atom stereocenters. The third kappa shape index (κ3) is 5.92. The van der Waals surface area contributed by atoms with Gasteiger partial charge < -0.3 is 20.1 Å². The molecule has 0 unspecified atom stereocenters. The van der Waals surface area contributed by atoms with Crippen molar-refractivity contribution in [1.82, 2.24) is 0 Å². The molecule has 0 bridgehead atoms. The van der Waals surface area contributed by atoms with Gasteiger partial charge in [0.25, 0.3) is 0 Å². The molecule has 0 aliphatic heterocycles. The third-order valence-electron chi connectivity index (χ3n) is 6.89. The molecule has 3 N–H and O–H groups in total. The van der Waals surface area contributed by atoms with Crippen LogP contribution in [0, 0.1) is 19.3 Å². The SMILES string of the molecule is CCC(CC)(c1ccc(C[C@H](O)CO)c(C)c1)c1ccc(OC[C@@H](O)C(C)(C)C)c(C)c1. The highest BCUT2D eigenvalue weighted by molar-refractivity contribution is 5.47. The molecule has 0 aromatic heterocycles. The molecule has 2 rings (SSSR count). The van der Waals surface area contributed by atoms with Gasteiger partial charge in [-0.15, -0.1) is 0 Å². The van der Waals surface area contributed by atoms with E-state index in [1.807, 2.05) is 26.8 Å². The van der Waals surface area contributed by atoms with E-state index in [1.54, 1.807) is 0 Å². The van der Waals surface area contributed by atoms with Gasteiger partial charge in [-0.05, 0) is 66.0 Å². The van der Waals surface area contributed by atoms with Crippen LogP contribution in [-0.2, 0) is 11.8 Å². The molecule has 4 heteroatoms. The van der Waals surface area contributed by atoms with Gasteiger partial charge in [-0.2, -0.15) is 0 Å². The van der Waals surface area contributed by atoms with Gasteiger partial charge in [0.2, 0.25) is 0 Å². The second kappa shape index (κ2) is 10.8. The predicted octanol–water partition coefficient (Wildman–Crippen LogP) is 5.09. The first-order chi connectivity index (χ1) is 15.0. The zero-order valence-electron chi connectivity index (χ0n) is 20.9. The highest BCUT2D eigenvalue weighted by atomic mass is 16.5. The van der Waals surface area contributed by atoms with Gasteiger partial charge in [0.15, 0.2) is 0 Å². The topological polar surface area (TPSA) is 69.9 Å². The molecular weight excluding hydrogens is 400 g/mol. The van der Waals surface area contributed by atoms with Crippen molar-refractivity contribution in [3.8, 4) is 5.75 Å². The Morgan fingerprint density at radius 2 is 1.44 bits per heavy atom. The second-order valence-corrected chi connectivity index (χ2v) is 10.1. The first-order valence-electron chi connectivity index (χ1n) is 11.8. The lowest BCUT2D eigenvalue weighted by molar-refractivity contribution is 0.0216. The summed E-state index contributed by atoms with van der Waals surface area (Å²) in [7, 11) is 0. The Hall–Kier alpha value is -1.88. The minimum Gasteiger partial charge on any atom is -0.491 e. The maximum Gasteiger partial charge on any atom is 0.122 e. The zero-order valence-corrected chi connectivity index (χ0v) is 20.9. The molecule has 0 aliphatic carbocycles. The number of aryl methyl sites for hydroxylation is 2. The molecule has 4 nitrogen and oxygen atoms in total. The molecular formula is C28H42O4. The summed E-state index contributed by atoms with van der Waals surface area (Å²) in [6.45, 7) is 14.6. The van der Waals surface area contributed by atoms with E-state index in [0.717, 1.165) is 35.3 Å². The van der Waals surface area contributed by atoms with Crippen molar-refractivity contribution in [3.05, 3.63) is 64.2 Å². The molecule has 0 fully saturated rings. The van der Waals surface area contributed by atoms with E-state index in [-0.39, 0.29) is 24.0 Å². The van der Waals surface area contributed by atoms with E-state index >= 15 is 0 Å². The van der Waals surface area contributed by atoms with Crippen LogP contribution in [0.2, 0.25) is 0 Å². The lowest BCUT2D eigenvalue weighted by atomic mass is 9.69. The molecule has 2 aromatic rings. The minimum atomic E-state index is -0.728. The van der Waals surface area contributed by atoms with Crippen molar-refractivity contribution in [2.75, 3.05) is 13.2 Å². The minimum absolute atomic E-state index is 0.118. The van der Waals surface area contributed by atoms with Crippen LogP contribution in [0.4, 0.5) is 0 Å². The number of aliphatic hydroxyl groups excluding tert-OH is 3. The van der Waals surface area contributed by atoms with Gasteiger partial charge in [0.1, 0.15) is 12.4 Å². The highest BCUT2D eigenvalue weighted by Gasteiger charge is 2.31. The molecule has 0 spiro atoms. The Bertz CT molecular complexity index is 877. The van der Waals surface area contributed by atoms with E-state index in [9.17, 15) is 15.3 Å². The number of ether oxygens (including phenoxy) is 1. The summed E-state index contributed by atoms with van der Waals surface area (Å²) >= 11 is 0. The van der Waals surface area contributed by atoms with E-state index in [2.05, 4.69) is 58.0 Å². The van der Waals surface area contributed by atoms with E-state index in [1.165, 1.54) is 11.1 Å². The summed E-state index contributed by atoms with van der Waals surface area (Å²) in [6, 6.07) is 12.9. The number of rotatable bonds is 10. The molecule has 178 valence electrons. The van der Waals surface area contributed by atoms with Crippen LogP contribution in [0.5, 0.6) is 5.75 Å². The number of hydrogen-bond donors (Lipinski definition) is 3. The Balaban J connectivity index is 2.35. The van der Waals surface area contributed by atoms with Crippen LogP contribution in [-0.4, -0.2) is 40.7 Å². The summed E-state index contributed by atoms with van der Waals surface area (Å²) in [4.78, 5) is 0. The van der Waals surface area contributed by atoms with Crippen molar-refractivity contribution >= 4 is 0 Å². The van der Waals surface area contributed by atoms with Crippen molar-refractivity contribution in [1.29, 1.82) is 0 Å². The molecule has 0 saturated carbocycles. The Labute approximate surface area is 194 Å². The Morgan fingerprint density at radius 3 is 1.91 bits per heavy atom.